The minimum absolute atomic E-state index is 0.0872. The van der Waals surface area contributed by atoms with E-state index >= 15 is 0 Å². The number of carbonyl (C=O) groups is 2. The molecule has 0 spiro atoms. The monoisotopic (exact) mass is 280 g/mol. The van der Waals surface area contributed by atoms with Gasteiger partial charge >= 0.3 is 11.9 Å². The van der Waals surface area contributed by atoms with Gasteiger partial charge in [-0.3, -0.25) is 14.4 Å². The molecule has 0 amide bonds. The third kappa shape index (κ3) is 6.55. The summed E-state index contributed by atoms with van der Waals surface area (Å²) in [5.41, 5.74) is 5.25. The fraction of sp³-hybridized carbons (Fsp3) is 0.800. The molecule has 106 valence electrons. The van der Waals surface area contributed by atoms with E-state index in [0.717, 1.165) is 0 Å². The lowest BCUT2D eigenvalue weighted by Gasteiger charge is -2.14. The predicted octanol–water partition coefficient (Wildman–Crippen LogP) is 0.336. The van der Waals surface area contributed by atoms with Crippen LogP contribution >= 0.6 is 0 Å². The van der Waals surface area contributed by atoms with E-state index < -0.39 is 33.6 Å². The van der Waals surface area contributed by atoms with Gasteiger partial charge in [0.05, 0.1) is 5.92 Å². The highest BCUT2D eigenvalue weighted by Gasteiger charge is 2.23. The van der Waals surface area contributed by atoms with Crippen molar-refractivity contribution in [2.75, 3.05) is 11.5 Å². The van der Waals surface area contributed by atoms with E-state index in [9.17, 15) is 13.8 Å². The topological polar surface area (TPSA) is 142 Å². The Morgan fingerprint density at radius 1 is 1.28 bits per heavy atom. The number of carboxylic acid groups (broad SMARTS) is 2. The zero-order chi connectivity index (χ0) is 14.3. The second-order valence-corrected chi connectivity index (χ2v) is 6.61. The molecule has 0 saturated carbocycles. The van der Waals surface area contributed by atoms with Crippen LogP contribution in [-0.2, 0) is 19.3 Å². The molecule has 8 heteroatoms. The molecule has 7 nitrogen and oxygen atoms in total. The average Bonchev–Trinajstić information content (AvgIpc) is 2.24. The lowest BCUT2D eigenvalue weighted by atomic mass is 10.1. The van der Waals surface area contributed by atoms with Gasteiger partial charge in [-0.05, 0) is 12.8 Å². The highest BCUT2D eigenvalue weighted by atomic mass is 32.2. The highest BCUT2D eigenvalue weighted by Crippen LogP contribution is 2.12. The maximum atomic E-state index is 11.9. The van der Waals surface area contributed by atoms with E-state index in [1.807, 2.05) is 6.92 Å². The summed E-state index contributed by atoms with van der Waals surface area (Å²) in [6.45, 7) is 1.81. The van der Waals surface area contributed by atoms with Gasteiger partial charge in [0.25, 0.3) is 0 Å². The molecule has 0 rings (SSSR count). The molecule has 0 heterocycles. The third-order valence-corrected chi connectivity index (χ3v) is 4.37. The van der Waals surface area contributed by atoms with Crippen molar-refractivity contribution in [1.82, 2.24) is 0 Å². The van der Waals surface area contributed by atoms with Crippen LogP contribution < -0.4 is 5.73 Å². The van der Waals surface area contributed by atoms with E-state index in [4.69, 9.17) is 20.7 Å². The molecular formula is C10H20N2O5S. The minimum Gasteiger partial charge on any atom is -0.481 e. The standard InChI is InChI=1S/C10H20N2O5S/c1-2-3-7(9(13)14)6-18(12,17)5-4-8(11)10(15)16/h7-8,12H,2-6,11H2,1H3,(H,13,14)(H,15,16)/t7?,8-,18?/m0/s1. The summed E-state index contributed by atoms with van der Waals surface area (Å²) in [7, 11) is -3.10. The Labute approximate surface area is 106 Å². The van der Waals surface area contributed by atoms with Crippen LogP contribution in [0.15, 0.2) is 0 Å². The first kappa shape index (κ1) is 16.9. The highest BCUT2D eigenvalue weighted by molar-refractivity contribution is 7.92. The summed E-state index contributed by atoms with van der Waals surface area (Å²) in [5.74, 6) is -3.54. The maximum Gasteiger partial charge on any atom is 0.320 e. The van der Waals surface area contributed by atoms with Gasteiger partial charge < -0.3 is 15.9 Å². The fourth-order valence-corrected chi connectivity index (χ4v) is 3.24. The van der Waals surface area contributed by atoms with Crippen LogP contribution in [-0.4, -0.2) is 43.9 Å². The van der Waals surface area contributed by atoms with Crippen molar-refractivity contribution in [2.45, 2.75) is 32.2 Å². The Morgan fingerprint density at radius 3 is 2.22 bits per heavy atom. The van der Waals surface area contributed by atoms with Crippen molar-refractivity contribution < 1.29 is 24.0 Å². The van der Waals surface area contributed by atoms with E-state index in [1.54, 1.807) is 0 Å². The first-order valence-corrected chi connectivity index (χ1v) is 7.54. The number of rotatable bonds is 9. The quantitative estimate of drug-likeness (QED) is 0.479. The predicted molar refractivity (Wildman–Crippen MR) is 66.9 cm³/mol. The first-order chi connectivity index (χ1) is 8.19. The average molecular weight is 280 g/mol. The molecule has 0 aromatic carbocycles. The molecule has 5 N–H and O–H groups in total. The van der Waals surface area contributed by atoms with Crippen LogP contribution in [0.4, 0.5) is 0 Å². The van der Waals surface area contributed by atoms with Crippen molar-refractivity contribution in [1.29, 1.82) is 4.78 Å². The van der Waals surface area contributed by atoms with Crippen molar-refractivity contribution in [3.63, 3.8) is 0 Å². The Balaban J connectivity index is 4.45. The first-order valence-electron chi connectivity index (χ1n) is 5.65. The minimum atomic E-state index is -3.10. The van der Waals surface area contributed by atoms with Gasteiger partial charge in [-0.1, -0.05) is 13.3 Å². The number of hydrogen-bond acceptors (Lipinski definition) is 5. The zero-order valence-corrected chi connectivity index (χ0v) is 11.1. The van der Waals surface area contributed by atoms with Gasteiger partial charge in [0.2, 0.25) is 0 Å². The summed E-state index contributed by atoms with van der Waals surface area (Å²) in [6.07, 6.45) is 0.896. The Morgan fingerprint density at radius 2 is 1.83 bits per heavy atom. The van der Waals surface area contributed by atoms with Gasteiger partial charge in [0.15, 0.2) is 0 Å². The number of carboxylic acids is 2. The van der Waals surface area contributed by atoms with Crippen LogP contribution in [0, 0.1) is 10.7 Å². The summed E-state index contributed by atoms with van der Waals surface area (Å²) < 4.78 is 19.4. The fourth-order valence-electron chi connectivity index (χ4n) is 1.48. The molecule has 3 atom stereocenters. The molecule has 0 aromatic heterocycles. The van der Waals surface area contributed by atoms with Crippen LogP contribution in [0.3, 0.4) is 0 Å². The molecule has 0 fully saturated rings. The number of nitrogens with two attached hydrogens (primary N) is 1. The van der Waals surface area contributed by atoms with E-state index in [-0.39, 0.29) is 17.9 Å². The van der Waals surface area contributed by atoms with E-state index in [2.05, 4.69) is 0 Å². The number of aliphatic carboxylic acids is 2. The van der Waals surface area contributed by atoms with Crippen LogP contribution in [0.5, 0.6) is 0 Å². The lowest BCUT2D eigenvalue weighted by molar-refractivity contribution is -0.141. The normalized spacial score (nSPS) is 17.7. The van der Waals surface area contributed by atoms with Gasteiger partial charge in [-0.25, -0.2) is 4.21 Å². The molecule has 0 aliphatic rings. The summed E-state index contributed by atoms with van der Waals surface area (Å²) in [6, 6.07) is -1.16. The summed E-state index contributed by atoms with van der Waals surface area (Å²) >= 11 is 0. The molecule has 0 aliphatic heterocycles. The van der Waals surface area contributed by atoms with Gasteiger partial charge in [-0.2, -0.15) is 0 Å². The van der Waals surface area contributed by atoms with Crippen molar-refractivity contribution >= 4 is 21.7 Å². The summed E-state index contributed by atoms with van der Waals surface area (Å²) in [4.78, 5) is 21.4. The third-order valence-electron chi connectivity index (χ3n) is 2.53. The molecule has 18 heavy (non-hydrogen) atoms. The van der Waals surface area contributed by atoms with Gasteiger partial charge in [-0.15, -0.1) is 0 Å². The second-order valence-electron chi connectivity index (χ2n) is 4.24. The van der Waals surface area contributed by atoms with Crippen LogP contribution in [0.2, 0.25) is 0 Å². The van der Waals surface area contributed by atoms with E-state index in [0.29, 0.717) is 12.8 Å². The second kappa shape index (κ2) is 7.32. The Bertz CT molecular complexity index is 393. The molecule has 0 bridgehead atoms. The number of nitrogens with one attached hydrogen (secondary N) is 1. The van der Waals surface area contributed by atoms with Gasteiger partial charge in [0, 0.05) is 21.2 Å². The van der Waals surface area contributed by atoms with Crippen molar-refractivity contribution in [3.05, 3.63) is 0 Å². The van der Waals surface area contributed by atoms with Crippen LogP contribution in [0.1, 0.15) is 26.2 Å². The molecule has 0 saturated heterocycles. The number of hydrogen-bond donors (Lipinski definition) is 4. The smallest absolute Gasteiger partial charge is 0.320 e. The molecule has 0 aliphatic carbocycles. The van der Waals surface area contributed by atoms with Crippen molar-refractivity contribution in [2.24, 2.45) is 11.7 Å². The van der Waals surface area contributed by atoms with Crippen LogP contribution in [0.25, 0.3) is 0 Å². The maximum absolute atomic E-state index is 11.9. The van der Waals surface area contributed by atoms with E-state index in [1.165, 1.54) is 0 Å². The SMILES string of the molecule is CCCC(CS(=N)(=O)CC[C@H](N)C(=O)O)C(=O)O. The molecule has 2 unspecified atom stereocenters. The largest absolute Gasteiger partial charge is 0.481 e. The molecule has 0 radical (unpaired) electrons. The van der Waals surface area contributed by atoms with Gasteiger partial charge in [0.1, 0.15) is 6.04 Å². The Kier molecular flexibility index (Phi) is 6.85. The Hall–Kier alpha value is -1.15. The summed E-state index contributed by atoms with van der Waals surface area (Å²) in [5, 5.41) is 17.5. The molecular weight excluding hydrogens is 260 g/mol. The zero-order valence-electron chi connectivity index (χ0n) is 10.3. The molecule has 0 aromatic rings. The van der Waals surface area contributed by atoms with Crippen molar-refractivity contribution in [3.8, 4) is 0 Å². The lowest BCUT2D eigenvalue weighted by Crippen LogP contribution is -2.33.